The van der Waals surface area contributed by atoms with Crippen LogP contribution >= 0.6 is 0 Å². The molecule has 0 saturated heterocycles. The van der Waals surface area contributed by atoms with Crippen LogP contribution in [-0.2, 0) is 4.79 Å². The molecular weight excluding hydrogens is 295 g/mol. The van der Waals surface area contributed by atoms with E-state index >= 15 is 0 Å². The summed E-state index contributed by atoms with van der Waals surface area (Å²) >= 11 is 0. The lowest BCUT2D eigenvalue weighted by atomic mass is 9.88. The first-order valence-electron chi connectivity index (χ1n) is 7.31. The highest BCUT2D eigenvalue weighted by Gasteiger charge is 2.19. The van der Waals surface area contributed by atoms with E-state index in [1.807, 2.05) is 13.8 Å². The molecule has 0 spiro atoms. The van der Waals surface area contributed by atoms with Crippen LogP contribution in [-0.4, -0.2) is 18.5 Å². The summed E-state index contributed by atoms with van der Waals surface area (Å²) in [7, 11) is 1.48. The monoisotopic (exact) mass is 314 g/mol. The number of ether oxygens (including phenoxy) is 1. The van der Waals surface area contributed by atoms with Crippen molar-refractivity contribution >= 4 is 12.4 Å². The predicted molar refractivity (Wildman–Crippen MR) is 89.2 cm³/mol. The lowest BCUT2D eigenvalue weighted by molar-refractivity contribution is -0.104. The summed E-state index contributed by atoms with van der Waals surface area (Å²) in [6.45, 7) is 4.02. The number of phenolic OH excluding ortho intramolecular Hbond substituents is 1. The molecule has 0 aromatic heterocycles. The fourth-order valence-corrected chi connectivity index (χ4v) is 2.54. The average Bonchev–Trinajstić information content (AvgIpc) is 2.53. The van der Waals surface area contributed by atoms with Crippen LogP contribution in [0.4, 0.5) is 4.39 Å². The summed E-state index contributed by atoms with van der Waals surface area (Å²) in [5.74, 6) is 0.102. The number of carbonyl (C=O) groups is 1. The molecule has 2 rings (SSSR count). The molecule has 0 bridgehead atoms. The molecule has 0 atom stereocenters. The Morgan fingerprint density at radius 1 is 1.22 bits per heavy atom. The number of benzene rings is 2. The molecule has 0 unspecified atom stereocenters. The highest BCUT2D eigenvalue weighted by Crippen LogP contribution is 2.44. The Balaban J connectivity index is 2.84. The van der Waals surface area contributed by atoms with Crippen LogP contribution in [0, 0.1) is 5.82 Å². The van der Waals surface area contributed by atoms with E-state index in [0.29, 0.717) is 23.2 Å². The van der Waals surface area contributed by atoms with Crippen molar-refractivity contribution in [2.75, 3.05) is 7.11 Å². The first-order valence-corrected chi connectivity index (χ1v) is 7.31. The summed E-state index contributed by atoms with van der Waals surface area (Å²) in [6, 6.07) is 7.60. The number of methoxy groups -OCH3 is 1. The van der Waals surface area contributed by atoms with E-state index < -0.39 is 0 Å². The van der Waals surface area contributed by atoms with E-state index in [1.165, 1.54) is 25.3 Å². The number of hydrogen-bond acceptors (Lipinski definition) is 3. The van der Waals surface area contributed by atoms with Gasteiger partial charge in [-0.1, -0.05) is 32.1 Å². The maximum absolute atomic E-state index is 13.2. The van der Waals surface area contributed by atoms with E-state index in [9.17, 15) is 14.3 Å². The third-order valence-corrected chi connectivity index (χ3v) is 3.65. The first kappa shape index (κ1) is 16.7. The average molecular weight is 314 g/mol. The van der Waals surface area contributed by atoms with Crippen molar-refractivity contribution in [3.8, 4) is 22.6 Å². The molecule has 120 valence electrons. The van der Waals surface area contributed by atoms with E-state index in [1.54, 1.807) is 24.3 Å². The second-order valence-electron chi connectivity index (χ2n) is 5.46. The van der Waals surface area contributed by atoms with Crippen LogP contribution < -0.4 is 4.74 Å². The van der Waals surface area contributed by atoms with Gasteiger partial charge < -0.3 is 9.84 Å². The normalized spacial score (nSPS) is 11.2. The minimum Gasteiger partial charge on any atom is -0.504 e. The Morgan fingerprint density at radius 3 is 2.39 bits per heavy atom. The lowest BCUT2D eigenvalue weighted by Gasteiger charge is -2.19. The highest BCUT2D eigenvalue weighted by atomic mass is 19.1. The van der Waals surface area contributed by atoms with Crippen LogP contribution in [0.2, 0.25) is 0 Å². The zero-order chi connectivity index (χ0) is 17.0. The maximum Gasteiger partial charge on any atom is 0.166 e. The summed E-state index contributed by atoms with van der Waals surface area (Å²) < 4.78 is 18.5. The number of halogens is 1. The van der Waals surface area contributed by atoms with Gasteiger partial charge in [-0.15, -0.1) is 0 Å². The minimum absolute atomic E-state index is 0.0333. The topological polar surface area (TPSA) is 46.5 Å². The zero-order valence-electron chi connectivity index (χ0n) is 13.3. The highest BCUT2D eigenvalue weighted by molar-refractivity contribution is 5.87. The minimum atomic E-state index is -0.356. The van der Waals surface area contributed by atoms with Crippen molar-refractivity contribution < 1.29 is 19.0 Å². The van der Waals surface area contributed by atoms with Gasteiger partial charge in [-0.3, -0.25) is 4.79 Å². The molecule has 4 heteroatoms. The van der Waals surface area contributed by atoms with Gasteiger partial charge in [0.05, 0.1) is 7.11 Å². The maximum atomic E-state index is 13.2. The molecule has 0 radical (unpaired) electrons. The standard InChI is InChI=1S/C19H19FO3/c1-12(2)16-11-17(23-3)19(22)18(15(16)5-4-10-21)13-6-8-14(20)9-7-13/h4-12,22H,1-3H3/b5-4+. The molecule has 2 aromatic rings. The molecular formula is C19H19FO3. The largest absolute Gasteiger partial charge is 0.504 e. The molecule has 0 saturated carbocycles. The number of rotatable bonds is 5. The summed E-state index contributed by atoms with van der Waals surface area (Å²) in [5.41, 5.74) is 2.82. The Labute approximate surface area is 135 Å². The van der Waals surface area contributed by atoms with E-state index in [2.05, 4.69) is 0 Å². The van der Waals surface area contributed by atoms with Crippen molar-refractivity contribution in [1.82, 2.24) is 0 Å². The van der Waals surface area contributed by atoms with Crippen LogP contribution in [0.25, 0.3) is 17.2 Å². The van der Waals surface area contributed by atoms with E-state index in [4.69, 9.17) is 4.74 Å². The van der Waals surface area contributed by atoms with Gasteiger partial charge in [0, 0.05) is 5.56 Å². The molecule has 0 amide bonds. The van der Waals surface area contributed by atoms with Crippen molar-refractivity contribution in [1.29, 1.82) is 0 Å². The van der Waals surface area contributed by atoms with Crippen molar-refractivity contribution in [2.45, 2.75) is 19.8 Å². The van der Waals surface area contributed by atoms with Crippen LogP contribution in [0.15, 0.2) is 36.4 Å². The quantitative estimate of drug-likeness (QED) is 0.651. The second kappa shape index (κ2) is 7.09. The van der Waals surface area contributed by atoms with Gasteiger partial charge in [0.2, 0.25) is 0 Å². The molecule has 0 heterocycles. The fraction of sp³-hybridized carbons (Fsp3) is 0.211. The molecule has 0 aliphatic rings. The Morgan fingerprint density at radius 2 is 1.87 bits per heavy atom. The fourth-order valence-electron chi connectivity index (χ4n) is 2.54. The number of aldehydes is 1. The summed E-state index contributed by atoms with van der Waals surface area (Å²) in [4.78, 5) is 10.7. The lowest BCUT2D eigenvalue weighted by Crippen LogP contribution is -1.99. The van der Waals surface area contributed by atoms with Crippen LogP contribution in [0.1, 0.15) is 30.9 Å². The van der Waals surface area contributed by atoms with Crippen LogP contribution in [0.3, 0.4) is 0 Å². The molecule has 23 heavy (non-hydrogen) atoms. The van der Waals surface area contributed by atoms with Crippen molar-refractivity contribution in [2.24, 2.45) is 0 Å². The summed E-state index contributed by atoms with van der Waals surface area (Å²) in [6.07, 6.45) is 3.71. The van der Waals surface area contributed by atoms with Gasteiger partial charge in [0.25, 0.3) is 0 Å². The molecule has 1 N–H and O–H groups in total. The third-order valence-electron chi connectivity index (χ3n) is 3.65. The first-order chi connectivity index (χ1) is 11.0. The third kappa shape index (κ3) is 3.42. The number of allylic oxidation sites excluding steroid dienone is 1. The van der Waals surface area contributed by atoms with E-state index in [-0.39, 0.29) is 17.5 Å². The Bertz CT molecular complexity index is 731. The number of hydrogen-bond donors (Lipinski definition) is 1. The van der Waals surface area contributed by atoms with Crippen molar-refractivity contribution in [3.63, 3.8) is 0 Å². The molecule has 2 aromatic carbocycles. The predicted octanol–water partition coefficient (Wildman–Crippen LogP) is 4.54. The molecule has 3 nitrogen and oxygen atoms in total. The van der Waals surface area contributed by atoms with Gasteiger partial charge in [-0.25, -0.2) is 4.39 Å². The SMILES string of the molecule is COc1cc(C(C)C)c(/C=C/C=O)c(-c2ccc(F)cc2)c1O. The van der Waals surface area contributed by atoms with E-state index in [0.717, 1.165) is 11.1 Å². The van der Waals surface area contributed by atoms with Gasteiger partial charge in [0.1, 0.15) is 12.1 Å². The second-order valence-corrected chi connectivity index (χ2v) is 5.46. The van der Waals surface area contributed by atoms with Gasteiger partial charge >= 0.3 is 0 Å². The smallest absolute Gasteiger partial charge is 0.166 e. The van der Waals surface area contributed by atoms with Crippen LogP contribution in [0.5, 0.6) is 11.5 Å². The number of phenols is 1. The van der Waals surface area contributed by atoms with Gasteiger partial charge in [-0.2, -0.15) is 0 Å². The summed E-state index contributed by atoms with van der Waals surface area (Å²) in [5, 5.41) is 10.6. The van der Waals surface area contributed by atoms with Gasteiger partial charge in [-0.05, 0) is 46.9 Å². The zero-order valence-corrected chi connectivity index (χ0v) is 13.3. The molecule has 0 aliphatic carbocycles. The Kier molecular flexibility index (Phi) is 5.16. The molecule has 0 aliphatic heterocycles. The Hall–Kier alpha value is -2.62. The number of aromatic hydroxyl groups is 1. The molecule has 0 fully saturated rings. The van der Waals surface area contributed by atoms with Crippen molar-refractivity contribution in [3.05, 3.63) is 53.4 Å². The van der Waals surface area contributed by atoms with Gasteiger partial charge in [0.15, 0.2) is 11.5 Å². The number of carbonyl (C=O) groups excluding carboxylic acids is 1.